The number of ether oxygens (including phenoxy) is 2. The van der Waals surface area contributed by atoms with Gasteiger partial charge in [0.2, 0.25) is 0 Å². The van der Waals surface area contributed by atoms with Gasteiger partial charge in [-0.1, -0.05) is 0 Å². The zero-order valence-corrected chi connectivity index (χ0v) is 20.1. The van der Waals surface area contributed by atoms with Crippen molar-refractivity contribution < 1.29 is 31.0 Å². The number of hydrogen-bond donors (Lipinski definition) is 1. The van der Waals surface area contributed by atoms with E-state index in [-0.39, 0.29) is 21.5 Å². The van der Waals surface area contributed by atoms with Crippen LogP contribution in [0.5, 0.6) is 0 Å². The van der Waals surface area contributed by atoms with E-state index >= 15 is 0 Å². The van der Waals surface area contributed by atoms with Crippen LogP contribution in [0.4, 0.5) is 5.95 Å². The molecule has 0 atom stereocenters. The second-order valence-electron chi connectivity index (χ2n) is 7.86. The summed E-state index contributed by atoms with van der Waals surface area (Å²) in [6, 6.07) is 8.12. The average Bonchev–Trinajstić information content (AvgIpc) is 3.27. The topological polar surface area (TPSA) is 86.5 Å². The van der Waals surface area contributed by atoms with Gasteiger partial charge in [0.05, 0.1) is 0 Å². The number of nitrogens with zero attached hydrogens (tertiary/aromatic N) is 5. The minimum absolute atomic E-state index is 0.211. The fraction of sp³-hybridized carbons (Fsp3) is 0.391. The van der Waals surface area contributed by atoms with Crippen molar-refractivity contribution >= 4 is 22.5 Å². The van der Waals surface area contributed by atoms with E-state index < -0.39 is 0 Å². The molecule has 1 aliphatic rings. The number of hydrogen-bond acceptors (Lipinski definition) is 7. The Morgan fingerprint density at radius 2 is 2.00 bits per heavy atom. The Labute approximate surface area is 197 Å². The van der Waals surface area contributed by atoms with Crippen LogP contribution in [0.1, 0.15) is 25.7 Å². The van der Waals surface area contributed by atoms with Gasteiger partial charge in [-0.2, -0.15) is 0 Å². The molecule has 5 rings (SSSR count). The summed E-state index contributed by atoms with van der Waals surface area (Å²) >= 11 is -0.211. The van der Waals surface area contributed by atoms with E-state index in [2.05, 4.69) is 35.7 Å². The van der Waals surface area contributed by atoms with Crippen LogP contribution in [0.2, 0.25) is 0 Å². The number of anilines is 1. The van der Waals surface area contributed by atoms with Crippen LogP contribution in [-0.2, 0) is 9.47 Å². The quantitative estimate of drug-likeness (QED) is 0.151. The van der Waals surface area contributed by atoms with Gasteiger partial charge in [-0.25, -0.2) is 0 Å². The molecule has 1 N–H and O–H groups in total. The first-order valence-corrected chi connectivity index (χ1v) is 13.2. The van der Waals surface area contributed by atoms with Crippen LogP contribution < -0.4 is 25.0 Å². The summed E-state index contributed by atoms with van der Waals surface area (Å²) in [5.74, 6) is 0.701. The third-order valence-electron chi connectivity index (χ3n) is 5.72. The van der Waals surface area contributed by atoms with Crippen LogP contribution in [-0.4, -0.2) is 54.9 Å². The molecule has 0 unspecified atom stereocenters. The Balaban J connectivity index is 1.21. The Kier molecular flexibility index (Phi) is 6.75. The number of pyridine rings is 2. The average molecular weight is 545 g/mol. The number of halogens is 1. The molecule has 9 heteroatoms. The SMILES string of the molecule is COCCOC1CCC([I-]Nc2ncc3c(-c4cnc5ncccc5c4)ccn3n2)CC1. The first-order chi connectivity index (χ1) is 15.8. The van der Waals surface area contributed by atoms with Gasteiger partial charge < -0.3 is 0 Å². The third kappa shape index (κ3) is 4.84. The van der Waals surface area contributed by atoms with Crippen molar-refractivity contribution in [3.05, 3.63) is 49.1 Å². The molecular formula is C23H26IN6O2-. The summed E-state index contributed by atoms with van der Waals surface area (Å²) < 4.78 is 17.1. The van der Waals surface area contributed by atoms with E-state index in [4.69, 9.17) is 9.47 Å². The Hall–Kier alpha value is -2.37. The van der Waals surface area contributed by atoms with Crippen molar-refractivity contribution in [2.24, 2.45) is 0 Å². The fourth-order valence-electron chi connectivity index (χ4n) is 4.02. The van der Waals surface area contributed by atoms with Gasteiger partial charge in [-0.15, -0.1) is 0 Å². The maximum atomic E-state index is 5.88. The normalized spacial score (nSPS) is 19.0. The molecule has 4 aromatic rings. The van der Waals surface area contributed by atoms with Crippen molar-refractivity contribution in [1.82, 2.24) is 24.6 Å². The Morgan fingerprint density at radius 3 is 2.88 bits per heavy atom. The van der Waals surface area contributed by atoms with Crippen molar-refractivity contribution in [2.75, 3.05) is 23.9 Å². The molecule has 0 bridgehead atoms. The molecule has 168 valence electrons. The number of alkyl halides is 1. The minimum atomic E-state index is -0.211. The Bertz CT molecular complexity index is 1190. The van der Waals surface area contributed by atoms with E-state index in [9.17, 15) is 0 Å². The van der Waals surface area contributed by atoms with Gasteiger partial charge in [0.25, 0.3) is 0 Å². The molecule has 8 nitrogen and oxygen atoms in total. The van der Waals surface area contributed by atoms with Crippen LogP contribution in [0.25, 0.3) is 27.7 Å². The molecule has 0 saturated heterocycles. The molecular weight excluding hydrogens is 519 g/mol. The van der Waals surface area contributed by atoms with E-state index in [0.29, 0.717) is 25.3 Å². The molecule has 4 aromatic heterocycles. The van der Waals surface area contributed by atoms with Crippen LogP contribution in [0.15, 0.2) is 49.1 Å². The molecule has 1 saturated carbocycles. The molecule has 4 heterocycles. The van der Waals surface area contributed by atoms with Gasteiger partial charge in [-0.3, -0.25) is 0 Å². The predicted octanol–water partition coefficient (Wildman–Crippen LogP) is 0.730. The molecule has 0 amide bonds. The second kappa shape index (κ2) is 10.1. The predicted molar refractivity (Wildman–Crippen MR) is 119 cm³/mol. The van der Waals surface area contributed by atoms with Crippen molar-refractivity contribution in [3.8, 4) is 11.1 Å². The van der Waals surface area contributed by atoms with Crippen LogP contribution in [0.3, 0.4) is 0 Å². The van der Waals surface area contributed by atoms with Crippen molar-refractivity contribution in [2.45, 2.75) is 35.7 Å². The molecule has 1 aliphatic carbocycles. The van der Waals surface area contributed by atoms with Crippen molar-refractivity contribution in [3.63, 3.8) is 0 Å². The molecule has 0 aromatic carbocycles. The fourth-order valence-corrected chi connectivity index (χ4v) is 6.33. The zero-order chi connectivity index (χ0) is 21.8. The number of methoxy groups -OCH3 is 1. The molecule has 0 spiro atoms. The van der Waals surface area contributed by atoms with Gasteiger partial charge in [0.15, 0.2) is 0 Å². The van der Waals surface area contributed by atoms with Gasteiger partial charge in [0.1, 0.15) is 0 Å². The molecule has 0 radical (unpaired) electrons. The van der Waals surface area contributed by atoms with Crippen molar-refractivity contribution in [1.29, 1.82) is 0 Å². The van der Waals surface area contributed by atoms with Gasteiger partial charge >= 0.3 is 198 Å². The monoisotopic (exact) mass is 545 g/mol. The standard InChI is InChI=1S/C23H26IN6O2/c1-31-11-12-32-19-6-4-18(5-7-19)24-28-23-27-15-21-20(8-10-30(21)29-23)17-13-16-3-2-9-25-22(16)26-14-17/h2-3,8-10,13-15,18-19H,4-7,11-12H2,1H3,(H,28,29)/q-1. The maximum absolute atomic E-state index is 5.88. The second-order valence-corrected chi connectivity index (χ2v) is 10.8. The van der Waals surface area contributed by atoms with Gasteiger partial charge in [0, 0.05) is 0 Å². The molecule has 1 fully saturated rings. The van der Waals surface area contributed by atoms with Crippen LogP contribution >= 0.6 is 0 Å². The summed E-state index contributed by atoms with van der Waals surface area (Å²) in [6.45, 7) is 1.36. The number of rotatable bonds is 8. The summed E-state index contributed by atoms with van der Waals surface area (Å²) in [7, 11) is 1.71. The van der Waals surface area contributed by atoms with Gasteiger partial charge in [-0.05, 0) is 0 Å². The van der Waals surface area contributed by atoms with Crippen LogP contribution in [0, 0.1) is 0 Å². The number of aromatic nitrogens is 5. The van der Waals surface area contributed by atoms with E-state index in [1.807, 2.05) is 35.2 Å². The van der Waals surface area contributed by atoms with E-state index in [1.165, 1.54) is 12.8 Å². The first kappa shape index (κ1) is 21.5. The summed E-state index contributed by atoms with van der Waals surface area (Å²) in [4.78, 5) is 13.4. The third-order valence-corrected chi connectivity index (χ3v) is 8.64. The number of nitrogens with one attached hydrogen (secondary N) is 1. The Morgan fingerprint density at radius 1 is 1.09 bits per heavy atom. The number of fused-ring (bicyclic) bond motifs is 2. The molecule has 0 aliphatic heterocycles. The van der Waals surface area contributed by atoms with E-state index in [1.54, 1.807) is 13.3 Å². The zero-order valence-electron chi connectivity index (χ0n) is 17.9. The first-order valence-electron chi connectivity index (χ1n) is 10.8. The summed E-state index contributed by atoms with van der Waals surface area (Å²) in [5, 5.41) is 5.70. The summed E-state index contributed by atoms with van der Waals surface area (Å²) in [6.07, 6.45) is 12.5. The molecule has 32 heavy (non-hydrogen) atoms. The van der Waals surface area contributed by atoms with E-state index in [0.717, 1.165) is 44.4 Å². The summed E-state index contributed by atoms with van der Waals surface area (Å²) in [5.41, 5.74) is 3.82.